The fourth-order valence-corrected chi connectivity index (χ4v) is 2.24. The first-order chi connectivity index (χ1) is 10.6. The highest BCUT2D eigenvalue weighted by Gasteiger charge is 2.11. The maximum Gasteiger partial charge on any atom is 0.160 e. The lowest BCUT2D eigenvalue weighted by Gasteiger charge is -2.12. The van der Waals surface area contributed by atoms with Gasteiger partial charge in [0.15, 0.2) is 11.6 Å². The first-order valence-corrected chi connectivity index (χ1v) is 6.60. The lowest BCUT2D eigenvalue weighted by Crippen LogP contribution is -1.98. The second-order valence-electron chi connectivity index (χ2n) is 4.93. The Bertz CT molecular complexity index is 914. The van der Waals surface area contributed by atoms with Gasteiger partial charge in [0.25, 0.3) is 0 Å². The molecule has 0 bridgehead atoms. The van der Waals surface area contributed by atoms with E-state index in [4.69, 9.17) is 0 Å². The minimum Gasteiger partial charge on any atom is -0.354 e. The fourth-order valence-electron chi connectivity index (χ4n) is 2.24. The Hall–Kier alpha value is -3.00. The van der Waals surface area contributed by atoms with Crippen LogP contribution in [0.3, 0.4) is 0 Å². The number of benzene rings is 2. The summed E-state index contributed by atoms with van der Waals surface area (Å²) in [6, 6.07) is 11.2. The molecule has 3 aromatic rings. The van der Waals surface area contributed by atoms with Crippen molar-refractivity contribution in [3.8, 4) is 6.07 Å². The van der Waals surface area contributed by atoms with E-state index in [1.54, 1.807) is 0 Å². The number of aromatic nitrogens is 1. The molecule has 0 amide bonds. The minimum atomic E-state index is -0.946. The molecule has 5 heteroatoms. The van der Waals surface area contributed by atoms with Gasteiger partial charge in [-0.1, -0.05) is 11.6 Å². The Kier molecular flexibility index (Phi) is 3.43. The average Bonchev–Trinajstić information content (AvgIpc) is 2.51. The topological polar surface area (TPSA) is 48.7 Å². The van der Waals surface area contributed by atoms with Crippen molar-refractivity contribution in [1.29, 1.82) is 5.26 Å². The summed E-state index contributed by atoms with van der Waals surface area (Å²) in [5.41, 5.74) is 2.96. The summed E-state index contributed by atoms with van der Waals surface area (Å²) in [6.45, 7) is 1.93. The van der Waals surface area contributed by atoms with Crippen LogP contribution in [-0.4, -0.2) is 4.98 Å². The lowest BCUT2D eigenvalue weighted by atomic mass is 10.1. The lowest BCUT2D eigenvalue weighted by molar-refractivity contribution is 0.509. The standard InChI is InChI=1S/C17H11F2N3/c1-10-2-5-16-13(6-10)17(11(8-20)9-21-16)22-12-3-4-14(18)15(19)7-12/h2-7,9H,1H3,(H,21,22). The molecule has 0 spiro atoms. The van der Waals surface area contributed by atoms with Crippen LogP contribution in [0.15, 0.2) is 42.6 Å². The van der Waals surface area contributed by atoms with Crippen molar-refractivity contribution in [2.45, 2.75) is 6.92 Å². The summed E-state index contributed by atoms with van der Waals surface area (Å²) in [5, 5.41) is 13.0. The summed E-state index contributed by atoms with van der Waals surface area (Å²) in [7, 11) is 0. The first-order valence-electron chi connectivity index (χ1n) is 6.60. The Morgan fingerprint density at radius 3 is 2.64 bits per heavy atom. The summed E-state index contributed by atoms with van der Waals surface area (Å²) in [5.74, 6) is -1.86. The molecular formula is C17H11F2N3. The molecule has 1 N–H and O–H groups in total. The van der Waals surface area contributed by atoms with E-state index in [1.165, 1.54) is 12.3 Å². The number of pyridine rings is 1. The molecule has 0 saturated heterocycles. The normalized spacial score (nSPS) is 10.5. The third-order valence-corrected chi connectivity index (χ3v) is 3.33. The first kappa shape index (κ1) is 14.0. The smallest absolute Gasteiger partial charge is 0.160 e. The number of aryl methyl sites for hydroxylation is 1. The predicted molar refractivity (Wildman–Crippen MR) is 80.8 cm³/mol. The third kappa shape index (κ3) is 2.47. The highest BCUT2D eigenvalue weighted by atomic mass is 19.2. The zero-order chi connectivity index (χ0) is 15.7. The van der Waals surface area contributed by atoms with Gasteiger partial charge < -0.3 is 5.32 Å². The van der Waals surface area contributed by atoms with Crippen LogP contribution in [0.4, 0.5) is 20.2 Å². The third-order valence-electron chi connectivity index (χ3n) is 3.33. The fraction of sp³-hybridized carbons (Fsp3) is 0.0588. The number of nitrogens with zero attached hydrogens (tertiary/aromatic N) is 2. The molecule has 0 aliphatic rings. The molecule has 0 aliphatic heterocycles. The number of rotatable bonds is 2. The van der Waals surface area contributed by atoms with E-state index in [1.807, 2.05) is 25.1 Å². The Morgan fingerprint density at radius 2 is 1.91 bits per heavy atom. The van der Waals surface area contributed by atoms with Crippen molar-refractivity contribution in [2.24, 2.45) is 0 Å². The van der Waals surface area contributed by atoms with Crippen LogP contribution in [0.2, 0.25) is 0 Å². The van der Waals surface area contributed by atoms with Crippen LogP contribution in [0.5, 0.6) is 0 Å². The molecule has 0 atom stereocenters. The van der Waals surface area contributed by atoms with Crippen LogP contribution in [0, 0.1) is 29.9 Å². The number of nitrogens with one attached hydrogen (secondary N) is 1. The van der Waals surface area contributed by atoms with Crippen molar-refractivity contribution in [3.05, 3.63) is 65.4 Å². The molecule has 108 valence electrons. The number of nitriles is 1. The molecule has 0 radical (unpaired) electrons. The highest BCUT2D eigenvalue weighted by Crippen LogP contribution is 2.29. The van der Waals surface area contributed by atoms with Gasteiger partial charge in [-0.3, -0.25) is 4.98 Å². The molecule has 0 fully saturated rings. The molecule has 22 heavy (non-hydrogen) atoms. The largest absolute Gasteiger partial charge is 0.354 e. The summed E-state index contributed by atoms with van der Waals surface area (Å²) >= 11 is 0. The number of fused-ring (bicyclic) bond motifs is 1. The van der Waals surface area contributed by atoms with Crippen molar-refractivity contribution in [3.63, 3.8) is 0 Å². The van der Waals surface area contributed by atoms with Crippen LogP contribution in [0.25, 0.3) is 10.9 Å². The maximum atomic E-state index is 13.4. The van der Waals surface area contributed by atoms with E-state index in [0.29, 0.717) is 16.9 Å². The molecule has 2 aromatic carbocycles. The van der Waals surface area contributed by atoms with Crippen LogP contribution in [0.1, 0.15) is 11.1 Å². The quantitative estimate of drug-likeness (QED) is 0.760. The van der Waals surface area contributed by atoms with Gasteiger partial charge in [-0.25, -0.2) is 8.78 Å². The van der Waals surface area contributed by atoms with Crippen molar-refractivity contribution >= 4 is 22.3 Å². The predicted octanol–water partition coefficient (Wildman–Crippen LogP) is 4.44. The minimum absolute atomic E-state index is 0.336. The van der Waals surface area contributed by atoms with Crippen LogP contribution >= 0.6 is 0 Å². The number of halogens is 2. The Morgan fingerprint density at radius 1 is 1.09 bits per heavy atom. The Balaban J connectivity index is 2.17. The van der Waals surface area contributed by atoms with E-state index >= 15 is 0 Å². The molecule has 0 unspecified atom stereocenters. The van der Waals surface area contributed by atoms with E-state index in [-0.39, 0.29) is 0 Å². The molecule has 3 nitrogen and oxygen atoms in total. The number of hydrogen-bond donors (Lipinski definition) is 1. The molecule has 1 aromatic heterocycles. The number of anilines is 2. The molecule has 0 saturated carbocycles. The Labute approximate surface area is 125 Å². The van der Waals surface area contributed by atoms with E-state index < -0.39 is 11.6 Å². The van der Waals surface area contributed by atoms with Gasteiger partial charge >= 0.3 is 0 Å². The SMILES string of the molecule is Cc1ccc2ncc(C#N)c(Nc3ccc(F)c(F)c3)c2c1. The molecule has 3 rings (SSSR count). The summed E-state index contributed by atoms with van der Waals surface area (Å²) in [4.78, 5) is 4.23. The molecule has 1 heterocycles. The van der Waals surface area contributed by atoms with Gasteiger partial charge in [0.1, 0.15) is 6.07 Å². The summed E-state index contributed by atoms with van der Waals surface area (Å²) < 4.78 is 26.4. The van der Waals surface area contributed by atoms with E-state index in [0.717, 1.165) is 28.6 Å². The molecule has 0 aliphatic carbocycles. The monoisotopic (exact) mass is 295 g/mol. The van der Waals surface area contributed by atoms with Gasteiger partial charge in [0, 0.05) is 23.3 Å². The van der Waals surface area contributed by atoms with Gasteiger partial charge in [0.05, 0.1) is 16.8 Å². The zero-order valence-electron chi connectivity index (χ0n) is 11.7. The summed E-state index contributed by atoms with van der Waals surface area (Å²) in [6.07, 6.45) is 1.46. The van der Waals surface area contributed by atoms with Crippen molar-refractivity contribution in [1.82, 2.24) is 4.98 Å². The maximum absolute atomic E-state index is 13.4. The molecular weight excluding hydrogens is 284 g/mol. The van der Waals surface area contributed by atoms with Crippen LogP contribution < -0.4 is 5.32 Å². The zero-order valence-corrected chi connectivity index (χ0v) is 11.7. The average molecular weight is 295 g/mol. The van der Waals surface area contributed by atoms with Crippen LogP contribution in [-0.2, 0) is 0 Å². The van der Waals surface area contributed by atoms with Crippen molar-refractivity contribution < 1.29 is 8.78 Å². The van der Waals surface area contributed by atoms with Crippen molar-refractivity contribution in [2.75, 3.05) is 5.32 Å². The number of hydrogen-bond acceptors (Lipinski definition) is 3. The van der Waals surface area contributed by atoms with E-state index in [9.17, 15) is 14.0 Å². The second kappa shape index (κ2) is 5.41. The van der Waals surface area contributed by atoms with Gasteiger partial charge in [-0.2, -0.15) is 5.26 Å². The van der Waals surface area contributed by atoms with E-state index in [2.05, 4.69) is 16.4 Å². The van der Waals surface area contributed by atoms with Gasteiger partial charge in [-0.15, -0.1) is 0 Å². The highest BCUT2D eigenvalue weighted by molar-refractivity contribution is 5.96. The van der Waals surface area contributed by atoms with Gasteiger partial charge in [-0.05, 0) is 31.2 Å². The van der Waals surface area contributed by atoms with Gasteiger partial charge in [0.2, 0.25) is 0 Å². The second-order valence-corrected chi connectivity index (χ2v) is 4.93.